The Morgan fingerprint density at radius 2 is 2.00 bits per heavy atom. The highest BCUT2D eigenvalue weighted by Crippen LogP contribution is 2.30. The number of carboxylic acid groups (broad SMARTS) is 1. The van der Waals surface area contributed by atoms with Crippen molar-refractivity contribution in [2.24, 2.45) is 0 Å². The van der Waals surface area contributed by atoms with Crippen LogP contribution in [0.2, 0.25) is 10.0 Å². The number of carboxylic acids is 1. The van der Waals surface area contributed by atoms with Crippen molar-refractivity contribution in [3.05, 3.63) is 33.3 Å². The first kappa shape index (κ1) is 10.8. The molecule has 13 heavy (non-hydrogen) atoms. The molecule has 0 aliphatic carbocycles. The fourth-order valence-corrected chi connectivity index (χ4v) is 1.98. The van der Waals surface area contributed by atoms with Crippen LogP contribution >= 0.6 is 39.1 Å². The van der Waals surface area contributed by atoms with Gasteiger partial charge >= 0.3 is 5.97 Å². The average molecular weight is 284 g/mol. The van der Waals surface area contributed by atoms with Gasteiger partial charge in [-0.25, -0.2) is 4.79 Å². The van der Waals surface area contributed by atoms with Crippen molar-refractivity contribution < 1.29 is 9.90 Å². The molecule has 0 atom stereocenters. The van der Waals surface area contributed by atoms with Crippen LogP contribution in [0.1, 0.15) is 15.9 Å². The summed E-state index contributed by atoms with van der Waals surface area (Å²) in [7, 11) is 0. The number of benzene rings is 1. The number of rotatable bonds is 2. The van der Waals surface area contributed by atoms with Gasteiger partial charge in [-0.2, -0.15) is 0 Å². The van der Waals surface area contributed by atoms with Crippen LogP contribution < -0.4 is 0 Å². The Morgan fingerprint density at radius 3 is 2.46 bits per heavy atom. The first-order valence-corrected chi connectivity index (χ1v) is 5.21. The first-order chi connectivity index (χ1) is 6.07. The molecule has 0 radical (unpaired) electrons. The number of carbonyl (C=O) groups is 1. The molecule has 0 fully saturated rings. The smallest absolute Gasteiger partial charge is 0.337 e. The van der Waals surface area contributed by atoms with Gasteiger partial charge in [-0.15, -0.1) is 0 Å². The van der Waals surface area contributed by atoms with Gasteiger partial charge in [-0.05, 0) is 11.6 Å². The van der Waals surface area contributed by atoms with E-state index >= 15 is 0 Å². The summed E-state index contributed by atoms with van der Waals surface area (Å²) in [6.45, 7) is 0. The van der Waals surface area contributed by atoms with Crippen LogP contribution in [-0.2, 0) is 5.33 Å². The van der Waals surface area contributed by atoms with Crippen LogP contribution in [0.3, 0.4) is 0 Å². The lowest BCUT2D eigenvalue weighted by Gasteiger charge is -2.04. The van der Waals surface area contributed by atoms with Gasteiger partial charge in [0.05, 0.1) is 15.6 Å². The van der Waals surface area contributed by atoms with Gasteiger partial charge in [0.25, 0.3) is 0 Å². The third kappa shape index (κ3) is 2.16. The van der Waals surface area contributed by atoms with Gasteiger partial charge in [-0.3, -0.25) is 0 Å². The van der Waals surface area contributed by atoms with E-state index in [-0.39, 0.29) is 10.6 Å². The summed E-state index contributed by atoms with van der Waals surface area (Å²) in [6.07, 6.45) is 0. The Kier molecular flexibility index (Phi) is 3.59. The summed E-state index contributed by atoms with van der Waals surface area (Å²) >= 11 is 14.8. The second-order valence-electron chi connectivity index (χ2n) is 2.34. The number of hydrogen-bond acceptors (Lipinski definition) is 1. The summed E-state index contributed by atoms with van der Waals surface area (Å²) in [5.41, 5.74) is 0.799. The molecule has 70 valence electrons. The highest BCUT2D eigenvalue weighted by atomic mass is 79.9. The molecular weight excluding hydrogens is 279 g/mol. The predicted molar refractivity (Wildman–Crippen MR) is 56.1 cm³/mol. The maximum absolute atomic E-state index is 10.6. The third-order valence-corrected chi connectivity index (χ3v) is 3.06. The highest BCUT2D eigenvalue weighted by Gasteiger charge is 2.13. The Hall–Kier alpha value is -0.250. The van der Waals surface area contributed by atoms with Crippen molar-refractivity contribution in [3.8, 4) is 0 Å². The van der Waals surface area contributed by atoms with E-state index in [1.165, 1.54) is 6.07 Å². The molecule has 0 unspecified atom stereocenters. The van der Waals surface area contributed by atoms with Gasteiger partial charge in [0.1, 0.15) is 0 Å². The zero-order valence-corrected chi connectivity index (χ0v) is 9.45. The van der Waals surface area contributed by atoms with Gasteiger partial charge in [-0.1, -0.05) is 45.2 Å². The topological polar surface area (TPSA) is 37.3 Å². The molecule has 5 heteroatoms. The molecule has 0 saturated heterocycles. The standard InChI is InChI=1S/C8H5BrCl2O2/c9-3-4-1-2-5(8(12)13)7(11)6(4)10/h1-2H,3H2,(H,12,13). The molecule has 0 saturated carbocycles. The van der Waals surface area contributed by atoms with Crippen LogP contribution in [0, 0.1) is 0 Å². The van der Waals surface area contributed by atoms with E-state index in [9.17, 15) is 4.79 Å². The monoisotopic (exact) mass is 282 g/mol. The van der Waals surface area contributed by atoms with E-state index in [1.54, 1.807) is 6.07 Å². The molecule has 1 aromatic rings. The second kappa shape index (κ2) is 4.31. The molecule has 0 aliphatic rings. The molecule has 0 aliphatic heterocycles. The highest BCUT2D eigenvalue weighted by molar-refractivity contribution is 9.08. The molecule has 0 spiro atoms. The Balaban J connectivity index is 3.31. The zero-order chi connectivity index (χ0) is 10.0. The molecule has 0 bridgehead atoms. The Morgan fingerprint density at radius 1 is 1.38 bits per heavy atom. The van der Waals surface area contributed by atoms with Crippen molar-refractivity contribution in [1.82, 2.24) is 0 Å². The predicted octanol–water partition coefficient (Wildman–Crippen LogP) is 3.59. The lowest BCUT2D eigenvalue weighted by molar-refractivity contribution is 0.0697. The molecule has 1 N–H and O–H groups in total. The van der Waals surface area contributed by atoms with Crippen molar-refractivity contribution in [3.63, 3.8) is 0 Å². The second-order valence-corrected chi connectivity index (χ2v) is 3.66. The Labute approximate surface area is 93.6 Å². The van der Waals surface area contributed by atoms with Gasteiger partial charge in [0.15, 0.2) is 0 Å². The van der Waals surface area contributed by atoms with Gasteiger partial charge in [0, 0.05) is 5.33 Å². The van der Waals surface area contributed by atoms with Crippen molar-refractivity contribution in [2.45, 2.75) is 5.33 Å². The minimum absolute atomic E-state index is 0.0244. The number of halogens is 3. The number of hydrogen-bond donors (Lipinski definition) is 1. The van der Waals surface area contributed by atoms with E-state index in [2.05, 4.69) is 15.9 Å². The molecule has 0 aromatic heterocycles. The molecule has 1 rings (SSSR count). The van der Waals surface area contributed by atoms with E-state index in [4.69, 9.17) is 28.3 Å². The van der Waals surface area contributed by atoms with Crippen LogP contribution in [0.4, 0.5) is 0 Å². The number of alkyl halides is 1. The molecule has 0 amide bonds. The van der Waals surface area contributed by atoms with Crippen LogP contribution in [-0.4, -0.2) is 11.1 Å². The lowest BCUT2D eigenvalue weighted by Crippen LogP contribution is -1.98. The molecular formula is C8H5BrCl2O2. The van der Waals surface area contributed by atoms with Crippen molar-refractivity contribution in [1.29, 1.82) is 0 Å². The van der Waals surface area contributed by atoms with E-state index in [0.717, 1.165) is 5.56 Å². The maximum atomic E-state index is 10.6. The largest absolute Gasteiger partial charge is 0.478 e. The molecule has 2 nitrogen and oxygen atoms in total. The Bertz CT molecular complexity index is 352. The fraction of sp³-hybridized carbons (Fsp3) is 0.125. The van der Waals surface area contributed by atoms with E-state index in [0.29, 0.717) is 10.4 Å². The van der Waals surface area contributed by atoms with Gasteiger partial charge < -0.3 is 5.11 Å². The van der Waals surface area contributed by atoms with E-state index in [1.807, 2.05) is 0 Å². The quantitative estimate of drug-likeness (QED) is 0.843. The summed E-state index contributed by atoms with van der Waals surface area (Å²) in [6, 6.07) is 3.07. The maximum Gasteiger partial charge on any atom is 0.337 e. The summed E-state index contributed by atoms with van der Waals surface area (Å²) in [4.78, 5) is 10.6. The van der Waals surface area contributed by atoms with Crippen molar-refractivity contribution >= 4 is 45.1 Å². The fourth-order valence-electron chi connectivity index (χ4n) is 0.858. The summed E-state index contributed by atoms with van der Waals surface area (Å²) < 4.78 is 0. The van der Waals surface area contributed by atoms with Crippen LogP contribution in [0.15, 0.2) is 12.1 Å². The summed E-state index contributed by atoms with van der Waals surface area (Å²) in [5.74, 6) is -1.08. The van der Waals surface area contributed by atoms with Crippen LogP contribution in [0.25, 0.3) is 0 Å². The average Bonchev–Trinajstić information content (AvgIpc) is 2.09. The normalized spacial score (nSPS) is 10.1. The minimum Gasteiger partial charge on any atom is -0.478 e. The molecule has 1 aromatic carbocycles. The SMILES string of the molecule is O=C(O)c1ccc(CBr)c(Cl)c1Cl. The van der Waals surface area contributed by atoms with Crippen molar-refractivity contribution in [2.75, 3.05) is 0 Å². The number of aromatic carboxylic acids is 1. The van der Waals surface area contributed by atoms with Gasteiger partial charge in [0.2, 0.25) is 0 Å². The lowest BCUT2D eigenvalue weighted by atomic mass is 10.1. The zero-order valence-electron chi connectivity index (χ0n) is 6.35. The first-order valence-electron chi connectivity index (χ1n) is 3.34. The molecule has 0 heterocycles. The van der Waals surface area contributed by atoms with E-state index < -0.39 is 5.97 Å². The third-order valence-electron chi connectivity index (χ3n) is 1.54. The minimum atomic E-state index is -1.08. The summed E-state index contributed by atoms with van der Waals surface area (Å²) in [5, 5.41) is 9.63. The van der Waals surface area contributed by atoms with Crippen LogP contribution in [0.5, 0.6) is 0 Å².